The van der Waals surface area contributed by atoms with Crippen molar-refractivity contribution in [2.24, 2.45) is 17.8 Å². The molecule has 0 spiro atoms. The molecule has 0 N–H and O–H groups in total. The molecule has 306 valence electrons. The molecule has 0 aliphatic heterocycles. The number of hydrogen-bond acceptors (Lipinski definition) is 2. The molecule has 2 nitrogen and oxygen atoms in total. The van der Waals surface area contributed by atoms with E-state index in [2.05, 4.69) is 32.6 Å². The van der Waals surface area contributed by atoms with Crippen LogP contribution in [0, 0.1) is 17.8 Å². The smallest absolute Gasteiger partial charge is 0.460 e. The third-order valence-electron chi connectivity index (χ3n) is 8.19. The summed E-state index contributed by atoms with van der Waals surface area (Å²) in [4.78, 5) is 0. The van der Waals surface area contributed by atoms with Gasteiger partial charge in [0.25, 0.3) is 0 Å². The molecule has 0 aliphatic rings. The maximum atomic E-state index is 14.1. The monoisotopic (exact) mass is 802 g/mol. The lowest BCUT2D eigenvalue weighted by atomic mass is 9.88. The summed E-state index contributed by atoms with van der Waals surface area (Å²) < 4.78 is 239. The lowest BCUT2D eigenvalue weighted by molar-refractivity contribution is -0.461. The van der Waals surface area contributed by atoms with Crippen LogP contribution in [-0.2, 0) is 11.3 Å². The SMILES string of the molecule is C=C[C@H](C)C/C=C/[C@@H](C)C/C=C/[C@@H](C)[C@@H](C)OCc1ccc(OCCCC(F)(F)C(F)(F)C(F)(F)C(F)(F)C(F)(F)C(F)(F)C(F)(F)C(F)(F)F)cc1. The fourth-order valence-electron chi connectivity index (χ4n) is 4.26. The Balaban J connectivity index is 2.79. The minimum atomic E-state index is -8.64. The Hall–Kier alpha value is -2.99. The third kappa shape index (κ3) is 10.6. The number of ether oxygens (including phenoxy) is 2. The van der Waals surface area contributed by atoms with Crippen LogP contribution in [-0.4, -0.2) is 60.3 Å². The van der Waals surface area contributed by atoms with Crippen molar-refractivity contribution in [3.05, 3.63) is 66.8 Å². The van der Waals surface area contributed by atoms with Gasteiger partial charge in [-0.15, -0.1) is 6.58 Å². The number of rotatable bonds is 22. The van der Waals surface area contributed by atoms with Crippen molar-refractivity contribution < 1.29 is 84.1 Å². The predicted octanol–water partition coefficient (Wildman–Crippen LogP) is 12.7. The van der Waals surface area contributed by atoms with Gasteiger partial charge in [-0.2, -0.15) is 74.6 Å². The van der Waals surface area contributed by atoms with Crippen molar-refractivity contribution in [2.75, 3.05) is 6.61 Å². The van der Waals surface area contributed by atoms with E-state index in [4.69, 9.17) is 9.47 Å². The van der Waals surface area contributed by atoms with Gasteiger partial charge in [0.1, 0.15) is 5.75 Å². The maximum absolute atomic E-state index is 14.1. The Morgan fingerprint density at radius 1 is 0.604 bits per heavy atom. The molecular weight excluding hydrogens is 763 g/mol. The number of hydrogen-bond donors (Lipinski definition) is 0. The summed E-state index contributed by atoms with van der Waals surface area (Å²) in [5, 5.41) is 0. The van der Waals surface area contributed by atoms with Crippen LogP contribution in [0.5, 0.6) is 5.75 Å². The Kier molecular flexibility index (Phi) is 16.0. The van der Waals surface area contributed by atoms with E-state index in [0.717, 1.165) is 12.8 Å². The number of allylic oxidation sites excluding steroid dienone is 4. The van der Waals surface area contributed by atoms with Crippen molar-refractivity contribution in [1.82, 2.24) is 0 Å². The highest BCUT2D eigenvalue weighted by atomic mass is 19.4. The molecule has 0 amide bonds. The zero-order chi connectivity index (χ0) is 41.5. The average Bonchev–Trinajstić information content (AvgIpc) is 3.04. The molecule has 1 aromatic rings. The largest absolute Gasteiger partial charge is 0.494 e. The maximum Gasteiger partial charge on any atom is 0.460 e. The molecule has 0 heterocycles. The number of alkyl halides is 17. The summed E-state index contributed by atoms with van der Waals surface area (Å²) in [6.07, 6.45) is -0.143. The molecule has 53 heavy (non-hydrogen) atoms. The standard InChI is InChI=1S/C34H39F17O2/c1-6-21(2)10-7-11-22(3)12-8-13-23(4)24(5)53-20-25-14-16-26(17-15-25)52-19-9-18-27(35,36)28(37,38)29(39,40)30(41,42)31(43,44)32(45,46)33(47,48)34(49,50)51/h6-8,11,13-17,21-24H,1,9-10,12,18-20H2,2-5H3/b11-7+,13-8+/t21-,22+,23+,24+/m0/s1. The molecule has 19 heteroatoms. The first-order valence-electron chi connectivity index (χ1n) is 15.9. The minimum Gasteiger partial charge on any atom is -0.494 e. The van der Waals surface area contributed by atoms with Crippen molar-refractivity contribution in [3.63, 3.8) is 0 Å². The van der Waals surface area contributed by atoms with Crippen LogP contribution in [0.15, 0.2) is 61.2 Å². The second-order valence-corrected chi connectivity index (χ2v) is 12.6. The second kappa shape index (κ2) is 17.6. The molecule has 0 aliphatic carbocycles. The van der Waals surface area contributed by atoms with Crippen molar-refractivity contribution in [1.29, 1.82) is 0 Å². The molecule has 0 radical (unpaired) electrons. The van der Waals surface area contributed by atoms with Gasteiger partial charge in [-0.25, -0.2) is 0 Å². The molecule has 0 saturated heterocycles. The van der Waals surface area contributed by atoms with Crippen molar-refractivity contribution in [3.8, 4) is 5.75 Å². The summed E-state index contributed by atoms with van der Waals surface area (Å²) in [7, 11) is 0. The first-order valence-corrected chi connectivity index (χ1v) is 15.9. The second-order valence-electron chi connectivity index (χ2n) is 12.6. The topological polar surface area (TPSA) is 18.5 Å². The van der Waals surface area contributed by atoms with Crippen LogP contribution in [0.3, 0.4) is 0 Å². The first-order chi connectivity index (χ1) is 23.9. The molecule has 0 saturated carbocycles. The first kappa shape index (κ1) is 48.0. The quantitative estimate of drug-likeness (QED) is 0.0660. The lowest BCUT2D eigenvalue weighted by Gasteiger charge is -2.42. The van der Waals surface area contributed by atoms with Crippen LogP contribution in [0.1, 0.15) is 58.9 Å². The lowest BCUT2D eigenvalue weighted by Crippen LogP contribution is -2.74. The molecule has 1 rings (SSSR count). The van der Waals surface area contributed by atoms with Gasteiger partial charge in [0.15, 0.2) is 0 Å². The van der Waals surface area contributed by atoms with Crippen LogP contribution >= 0.6 is 0 Å². The summed E-state index contributed by atoms with van der Waals surface area (Å²) in [5.74, 6) is -55.8. The van der Waals surface area contributed by atoms with Gasteiger partial charge in [0, 0.05) is 6.42 Å². The van der Waals surface area contributed by atoms with Crippen LogP contribution in [0.2, 0.25) is 0 Å². The van der Waals surface area contributed by atoms with Crippen molar-refractivity contribution in [2.45, 2.75) is 114 Å². The van der Waals surface area contributed by atoms with Gasteiger partial charge in [-0.1, -0.05) is 63.3 Å². The van der Waals surface area contributed by atoms with Crippen molar-refractivity contribution >= 4 is 0 Å². The van der Waals surface area contributed by atoms with E-state index < -0.39 is 67.1 Å². The van der Waals surface area contributed by atoms with Gasteiger partial charge in [-0.3, -0.25) is 0 Å². The normalized spacial score (nSPS) is 16.9. The van der Waals surface area contributed by atoms with Crippen LogP contribution < -0.4 is 4.74 Å². The van der Waals surface area contributed by atoms with Crippen LogP contribution in [0.4, 0.5) is 74.6 Å². The van der Waals surface area contributed by atoms with E-state index in [1.165, 1.54) is 24.3 Å². The van der Waals surface area contributed by atoms with E-state index in [9.17, 15) is 74.6 Å². The summed E-state index contributed by atoms with van der Waals surface area (Å²) in [5.41, 5.74) is 0.581. The number of benzene rings is 1. The summed E-state index contributed by atoms with van der Waals surface area (Å²) in [6, 6.07) is 5.37. The molecular formula is C34H39F17O2. The molecule has 4 atom stereocenters. The van der Waals surface area contributed by atoms with E-state index in [1.807, 2.05) is 32.1 Å². The minimum absolute atomic E-state index is 0.0165. The van der Waals surface area contributed by atoms with Crippen LogP contribution in [0.25, 0.3) is 0 Å². The third-order valence-corrected chi connectivity index (χ3v) is 8.19. The van der Waals surface area contributed by atoms with E-state index in [-0.39, 0.29) is 24.4 Å². The Labute approximate surface area is 295 Å². The number of halogens is 17. The summed E-state index contributed by atoms with van der Waals surface area (Å²) >= 11 is 0. The zero-order valence-electron chi connectivity index (χ0n) is 28.7. The van der Waals surface area contributed by atoms with E-state index in [0.29, 0.717) is 17.4 Å². The fourth-order valence-corrected chi connectivity index (χ4v) is 4.26. The van der Waals surface area contributed by atoms with Gasteiger partial charge >= 0.3 is 47.6 Å². The highest BCUT2D eigenvalue weighted by Crippen LogP contribution is 2.64. The van der Waals surface area contributed by atoms with Gasteiger partial charge in [0.05, 0.1) is 19.3 Å². The Bertz CT molecular complexity index is 1350. The van der Waals surface area contributed by atoms with E-state index >= 15 is 0 Å². The molecule has 1 aromatic carbocycles. The average molecular weight is 803 g/mol. The van der Waals surface area contributed by atoms with Gasteiger partial charge in [-0.05, 0) is 61.6 Å². The molecule has 0 bridgehead atoms. The molecule has 0 unspecified atom stereocenters. The highest BCUT2D eigenvalue weighted by Gasteiger charge is 2.95. The molecule has 0 aromatic heterocycles. The Morgan fingerprint density at radius 3 is 1.55 bits per heavy atom. The Morgan fingerprint density at radius 2 is 1.06 bits per heavy atom. The molecule has 0 fully saturated rings. The van der Waals surface area contributed by atoms with Gasteiger partial charge in [0.2, 0.25) is 0 Å². The summed E-state index contributed by atoms with van der Waals surface area (Å²) in [6.45, 7) is 10.7. The predicted molar refractivity (Wildman–Crippen MR) is 161 cm³/mol. The zero-order valence-corrected chi connectivity index (χ0v) is 28.7. The fraction of sp³-hybridized carbons (Fsp3) is 0.647. The highest BCUT2D eigenvalue weighted by molar-refractivity contribution is 5.27. The van der Waals surface area contributed by atoms with E-state index in [1.54, 1.807) is 0 Å². The van der Waals surface area contributed by atoms with Gasteiger partial charge < -0.3 is 9.47 Å².